The lowest BCUT2D eigenvalue weighted by molar-refractivity contribution is 0.318. The van der Waals surface area contributed by atoms with Crippen LogP contribution in [0.1, 0.15) is 52.0 Å². The monoisotopic (exact) mass is 384 g/mol. The van der Waals surface area contributed by atoms with Crippen molar-refractivity contribution in [1.82, 2.24) is 0 Å². The summed E-state index contributed by atoms with van der Waals surface area (Å²) in [6.07, 6.45) is 3.73. The van der Waals surface area contributed by atoms with Gasteiger partial charge in [-0.1, -0.05) is 30.3 Å². The van der Waals surface area contributed by atoms with Gasteiger partial charge in [0.1, 0.15) is 0 Å². The van der Waals surface area contributed by atoms with E-state index in [1.54, 1.807) is 20.8 Å². The first-order chi connectivity index (χ1) is 12.7. The number of rotatable bonds is 4. The third-order valence-corrected chi connectivity index (χ3v) is 8.60. The van der Waals surface area contributed by atoms with Gasteiger partial charge < -0.3 is 0 Å². The minimum absolute atomic E-state index is 0.235. The van der Waals surface area contributed by atoms with Crippen molar-refractivity contribution in [2.24, 2.45) is 16.8 Å². The Balaban J connectivity index is 1.69. The first-order valence-corrected chi connectivity index (χ1v) is 11.3. The van der Waals surface area contributed by atoms with Gasteiger partial charge in [0.2, 0.25) is 5.70 Å². The highest BCUT2D eigenvalue weighted by molar-refractivity contribution is 7.92. The Morgan fingerprint density at radius 1 is 1.11 bits per heavy atom. The maximum absolute atomic E-state index is 12.5. The summed E-state index contributed by atoms with van der Waals surface area (Å²) in [6, 6.07) is 9.91. The molecule has 0 radical (unpaired) electrons. The van der Waals surface area contributed by atoms with Crippen LogP contribution in [0.25, 0.3) is 4.85 Å². The molecule has 0 atom stereocenters. The number of hydrogen-bond donors (Lipinski definition) is 0. The average Bonchev–Trinajstić information content (AvgIpc) is 3.06. The number of sulfone groups is 1. The van der Waals surface area contributed by atoms with Gasteiger partial charge in [-0.2, -0.15) is 0 Å². The van der Waals surface area contributed by atoms with Gasteiger partial charge in [-0.05, 0) is 69.4 Å². The van der Waals surface area contributed by atoms with Gasteiger partial charge >= 0.3 is 0 Å². The summed E-state index contributed by atoms with van der Waals surface area (Å²) < 4.78 is 24.3. The smallest absolute Gasteiger partial charge is 0.213 e. The quantitative estimate of drug-likeness (QED) is 0.708. The minimum Gasteiger partial charge on any atom is -0.293 e. The minimum atomic E-state index is -3.08. The molecule has 2 aliphatic rings. The Hall–Kier alpha value is -1.93. The molecule has 0 bridgehead atoms. The highest BCUT2D eigenvalue weighted by Crippen LogP contribution is 2.38. The Morgan fingerprint density at radius 3 is 2.30 bits per heavy atom. The lowest BCUT2D eigenvalue weighted by atomic mass is 9.78. The molecule has 1 aliphatic heterocycles. The molecule has 5 heteroatoms. The van der Waals surface area contributed by atoms with Crippen LogP contribution in [0.15, 0.2) is 46.6 Å². The van der Waals surface area contributed by atoms with Crippen LogP contribution in [-0.4, -0.2) is 31.2 Å². The van der Waals surface area contributed by atoms with E-state index in [9.17, 15) is 8.42 Å². The molecule has 0 N–H and O–H groups in total. The van der Waals surface area contributed by atoms with E-state index in [0.29, 0.717) is 18.2 Å². The van der Waals surface area contributed by atoms with E-state index in [4.69, 9.17) is 6.57 Å². The van der Waals surface area contributed by atoms with Crippen LogP contribution in [0.4, 0.5) is 0 Å². The maximum atomic E-state index is 12.5. The molecule has 0 unspecified atom stereocenters. The molecule has 1 saturated carbocycles. The zero-order valence-corrected chi connectivity index (χ0v) is 17.2. The van der Waals surface area contributed by atoms with E-state index >= 15 is 0 Å². The number of hydrogen-bond acceptors (Lipinski definition) is 3. The largest absolute Gasteiger partial charge is 0.293 e. The van der Waals surface area contributed by atoms with E-state index in [0.717, 1.165) is 42.5 Å². The molecule has 4 nitrogen and oxygen atoms in total. The number of allylic oxidation sites excluding steroid dienone is 1. The van der Waals surface area contributed by atoms with Crippen LogP contribution in [0.3, 0.4) is 0 Å². The zero-order valence-electron chi connectivity index (χ0n) is 16.4. The molecule has 0 saturated heterocycles. The van der Waals surface area contributed by atoms with Crippen molar-refractivity contribution in [2.45, 2.75) is 51.2 Å². The van der Waals surface area contributed by atoms with E-state index in [1.165, 1.54) is 0 Å². The number of aliphatic imine (C=N–C) groups is 1. The Bertz CT molecular complexity index is 892. The second-order valence-corrected chi connectivity index (χ2v) is 11.4. The van der Waals surface area contributed by atoms with Gasteiger partial charge in [0.05, 0.1) is 29.3 Å². The molecule has 1 aliphatic carbocycles. The van der Waals surface area contributed by atoms with Crippen molar-refractivity contribution in [3.05, 3.63) is 58.6 Å². The van der Waals surface area contributed by atoms with Crippen LogP contribution in [0.2, 0.25) is 0 Å². The second-order valence-electron chi connectivity index (χ2n) is 8.63. The van der Waals surface area contributed by atoms with Crippen molar-refractivity contribution in [1.29, 1.82) is 0 Å². The number of benzene rings is 1. The average molecular weight is 385 g/mol. The predicted octanol–water partition coefficient (Wildman–Crippen LogP) is 4.68. The van der Waals surface area contributed by atoms with Gasteiger partial charge in [-0.15, -0.1) is 0 Å². The lowest BCUT2D eigenvalue weighted by Crippen LogP contribution is -2.34. The molecule has 0 spiro atoms. The summed E-state index contributed by atoms with van der Waals surface area (Å²) in [5.41, 5.74) is 3.69. The molecular weight excluding hydrogens is 356 g/mol. The van der Waals surface area contributed by atoms with Gasteiger partial charge in [0, 0.05) is 0 Å². The molecule has 1 fully saturated rings. The van der Waals surface area contributed by atoms with Crippen molar-refractivity contribution >= 4 is 15.5 Å². The zero-order chi connectivity index (χ0) is 19.7. The Labute approximate surface area is 163 Å². The molecule has 1 aromatic carbocycles. The number of nitrogens with zero attached hydrogens (tertiary/aromatic N) is 2. The first kappa shape index (κ1) is 19.8. The van der Waals surface area contributed by atoms with Crippen LogP contribution in [0, 0.1) is 18.4 Å². The molecule has 0 aromatic heterocycles. The van der Waals surface area contributed by atoms with Crippen molar-refractivity contribution < 1.29 is 8.42 Å². The maximum Gasteiger partial charge on any atom is 0.213 e. The third kappa shape index (κ3) is 4.16. The van der Waals surface area contributed by atoms with Crippen LogP contribution in [-0.2, 0) is 9.84 Å². The summed E-state index contributed by atoms with van der Waals surface area (Å²) in [6.45, 7) is 13.6. The fourth-order valence-electron chi connectivity index (χ4n) is 3.98. The summed E-state index contributed by atoms with van der Waals surface area (Å²) >= 11 is 0. The van der Waals surface area contributed by atoms with Crippen molar-refractivity contribution in [3.8, 4) is 0 Å². The molecule has 27 heavy (non-hydrogen) atoms. The summed E-state index contributed by atoms with van der Waals surface area (Å²) in [7, 11) is -3.08. The molecule has 144 valence electrons. The van der Waals surface area contributed by atoms with E-state index in [1.807, 2.05) is 30.3 Å². The van der Waals surface area contributed by atoms with E-state index in [-0.39, 0.29) is 11.7 Å². The molecular formula is C22H28N2O2S. The fraction of sp³-hybridized carbons (Fsp3) is 0.545. The van der Waals surface area contributed by atoms with Crippen LogP contribution >= 0.6 is 0 Å². The first-order valence-electron chi connectivity index (χ1n) is 9.66. The molecule has 1 aromatic rings. The molecule has 3 rings (SSSR count). The summed E-state index contributed by atoms with van der Waals surface area (Å²) in [4.78, 5) is 8.47. The van der Waals surface area contributed by atoms with Crippen LogP contribution in [0.5, 0.6) is 0 Å². The highest BCUT2D eigenvalue weighted by atomic mass is 32.2. The molecule has 1 heterocycles. The van der Waals surface area contributed by atoms with Gasteiger partial charge in [-0.25, -0.2) is 13.3 Å². The Morgan fingerprint density at radius 2 is 1.74 bits per heavy atom. The molecule has 0 amide bonds. The van der Waals surface area contributed by atoms with Crippen molar-refractivity contribution in [2.75, 3.05) is 12.3 Å². The highest BCUT2D eigenvalue weighted by Gasteiger charge is 2.35. The summed E-state index contributed by atoms with van der Waals surface area (Å²) in [5, 5.41) is 0. The van der Waals surface area contributed by atoms with Gasteiger partial charge in [0.15, 0.2) is 9.84 Å². The topological polar surface area (TPSA) is 50.9 Å². The van der Waals surface area contributed by atoms with Gasteiger partial charge in [0.25, 0.3) is 0 Å². The lowest BCUT2D eigenvalue weighted by Gasteiger charge is -2.31. The SMILES string of the molecule is [C-]#[N+]C1=C(C2CCC(CS(=O)(=O)C(C)(C)C)CC2)CN=C1c1ccccc1. The summed E-state index contributed by atoms with van der Waals surface area (Å²) in [5.74, 6) is 0.870. The van der Waals surface area contributed by atoms with Gasteiger partial charge in [-0.3, -0.25) is 4.99 Å². The second kappa shape index (κ2) is 7.59. The van der Waals surface area contributed by atoms with E-state index < -0.39 is 14.6 Å². The predicted molar refractivity (Wildman–Crippen MR) is 110 cm³/mol. The third-order valence-electron chi connectivity index (χ3n) is 5.82. The van der Waals surface area contributed by atoms with E-state index in [2.05, 4.69) is 9.84 Å². The van der Waals surface area contributed by atoms with Crippen LogP contribution < -0.4 is 0 Å². The fourth-order valence-corrected chi connectivity index (χ4v) is 5.43. The van der Waals surface area contributed by atoms with Crippen molar-refractivity contribution in [3.63, 3.8) is 0 Å². The normalized spacial score (nSPS) is 23.9. The standard InChI is InChI=1S/C22H28N2O2S/c1-22(2,3)27(25,26)15-16-10-12-17(13-11-16)19-14-24-20(21(19)23-4)18-8-6-5-7-9-18/h5-9,16-17H,10-15H2,1-3H3. The Kier molecular flexibility index (Phi) is 5.58.